The summed E-state index contributed by atoms with van der Waals surface area (Å²) in [5.74, 6) is -0.531. The summed E-state index contributed by atoms with van der Waals surface area (Å²) in [6.07, 6.45) is 2.47. The average Bonchev–Trinajstić information content (AvgIpc) is 3.70. The minimum Gasteiger partial charge on any atom is -0.497 e. The third kappa shape index (κ3) is 5.69. The number of aliphatic carboxylic acids is 1. The standard InChI is InChI=1S/C30H30FN3O5/c1-17-27-28(18-5-7-20(31)8-6-18)25(14-11-22(35)15-23(36)16-26(37)38)29(19-3-4-19)32-30(27)34(33-17)21-9-12-24(39-2)13-10-21/h5-14,19,22-23,35-36H,3-4,15-16H2,1-2H3,(H,37,38). The van der Waals surface area contributed by atoms with E-state index < -0.39 is 24.6 Å². The number of carbonyl (C=O) groups is 1. The molecule has 0 spiro atoms. The molecule has 1 aliphatic carbocycles. The van der Waals surface area contributed by atoms with Gasteiger partial charge in [-0.1, -0.05) is 24.3 Å². The van der Waals surface area contributed by atoms with E-state index in [0.29, 0.717) is 5.65 Å². The Morgan fingerprint density at radius 2 is 1.85 bits per heavy atom. The molecule has 2 atom stereocenters. The summed E-state index contributed by atoms with van der Waals surface area (Å²) in [5.41, 5.74) is 5.48. The molecule has 0 radical (unpaired) electrons. The number of hydrogen-bond acceptors (Lipinski definition) is 6. The fourth-order valence-electron chi connectivity index (χ4n) is 4.85. The number of fused-ring (bicyclic) bond motifs is 1. The molecule has 0 aliphatic heterocycles. The number of aromatic nitrogens is 3. The lowest BCUT2D eigenvalue weighted by Crippen LogP contribution is -2.19. The predicted molar refractivity (Wildman–Crippen MR) is 145 cm³/mol. The van der Waals surface area contributed by atoms with Crippen molar-refractivity contribution in [1.82, 2.24) is 14.8 Å². The number of aliphatic hydroxyl groups excluding tert-OH is 2. The summed E-state index contributed by atoms with van der Waals surface area (Å²) in [5, 5.41) is 35.1. The van der Waals surface area contributed by atoms with Gasteiger partial charge < -0.3 is 20.1 Å². The summed E-state index contributed by atoms with van der Waals surface area (Å²) < 4.78 is 21.0. The van der Waals surface area contributed by atoms with Crippen LogP contribution in [0.25, 0.3) is 33.9 Å². The van der Waals surface area contributed by atoms with Gasteiger partial charge in [0.25, 0.3) is 0 Å². The Hall–Kier alpha value is -4.08. The number of aliphatic hydroxyl groups is 2. The second-order valence-electron chi connectivity index (χ2n) is 9.87. The first-order valence-electron chi connectivity index (χ1n) is 12.8. The molecule has 2 aromatic heterocycles. The molecule has 1 aliphatic rings. The highest BCUT2D eigenvalue weighted by atomic mass is 19.1. The van der Waals surface area contributed by atoms with Gasteiger partial charge in [0.15, 0.2) is 5.65 Å². The Balaban J connectivity index is 1.69. The molecule has 8 nitrogen and oxygen atoms in total. The Morgan fingerprint density at radius 1 is 1.15 bits per heavy atom. The minimum atomic E-state index is -1.17. The van der Waals surface area contributed by atoms with Crippen molar-refractivity contribution in [2.45, 2.75) is 50.7 Å². The first-order chi connectivity index (χ1) is 18.7. The molecule has 5 rings (SSSR count). The number of pyridine rings is 1. The van der Waals surface area contributed by atoms with Crippen molar-refractivity contribution < 1.29 is 29.2 Å². The van der Waals surface area contributed by atoms with Gasteiger partial charge in [-0.2, -0.15) is 5.10 Å². The van der Waals surface area contributed by atoms with Crippen LogP contribution >= 0.6 is 0 Å². The van der Waals surface area contributed by atoms with Crippen molar-refractivity contribution in [2.75, 3.05) is 7.11 Å². The Labute approximate surface area is 225 Å². The number of carboxylic acids is 1. The van der Waals surface area contributed by atoms with Gasteiger partial charge in [0, 0.05) is 23.5 Å². The van der Waals surface area contributed by atoms with Gasteiger partial charge in [0.05, 0.1) is 48.2 Å². The second-order valence-corrected chi connectivity index (χ2v) is 9.87. The largest absolute Gasteiger partial charge is 0.497 e. The van der Waals surface area contributed by atoms with E-state index in [2.05, 4.69) is 0 Å². The first kappa shape index (κ1) is 26.5. The summed E-state index contributed by atoms with van der Waals surface area (Å²) in [6, 6.07) is 13.8. The molecule has 39 heavy (non-hydrogen) atoms. The molecule has 0 bridgehead atoms. The lowest BCUT2D eigenvalue weighted by Gasteiger charge is -2.16. The van der Waals surface area contributed by atoms with Crippen LogP contribution in [0.1, 0.15) is 48.6 Å². The lowest BCUT2D eigenvalue weighted by molar-refractivity contribution is -0.139. The maximum Gasteiger partial charge on any atom is 0.305 e. The monoisotopic (exact) mass is 531 g/mol. The molecule has 202 valence electrons. The number of rotatable bonds is 10. The minimum absolute atomic E-state index is 0.114. The second kappa shape index (κ2) is 11.0. The van der Waals surface area contributed by atoms with Crippen molar-refractivity contribution in [1.29, 1.82) is 0 Å². The molecule has 0 saturated heterocycles. The smallest absolute Gasteiger partial charge is 0.305 e. The van der Waals surface area contributed by atoms with Crippen LogP contribution in [0.4, 0.5) is 4.39 Å². The van der Waals surface area contributed by atoms with Gasteiger partial charge >= 0.3 is 5.97 Å². The zero-order valence-electron chi connectivity index (χ0n) is 21.7. The number of halogens is 1. The van der Waals surface area contributed by atoms with Crippen LogP contribution in [0, 0.1) is 12.7 Å². The molecule has 3 N–H and O–H groups in total. The SMILES string of the molecule is COc1ccc(-n2nc(C)c3c(-c4ccc(F)cc4)c(C=CC(O)CC(O)CC(=O)O)c(C4CC4)nc32)cc1. The topological polar surface area (TPSA) is 118 Å². The molecule has 1 saturated carbocycles. The summed E-state index contributed by atoms with van der Waals surface area (Å²) in [4.78, 5) is 16.0. The summed E-state index contributed by atoms with van der Waals surface area (Å²) in [7, 11) is 1.61. The highest BCUT2D eigenvalue weighted by Crippen LogP contribution is 2.46. The van der Waals surface area contributed by atoms with Gasteiger partial charge in [-0.3, -0.25) is 4.79 Å². The van der Waals surface area contributed by atoms with Crippen LogP contribution < -0.4 is 4.74 Å². The van der Waals surface area contributed by atoms with E-state index in [1.807, 2.05) is 31.2 Å². The van der Waals surface area contributed by atoms with Crippen LogP contribution in [0.3, 0.4) is 0 Å². The Bertz CT molecular complexity index is 1530. The van der Waals surface area contributed by atoms with E-state index in [0.717, 1.165) is 57.7 Å². The van der Waals surface area contributed by atoms with E-state index >= 15 is 0 Å². The number of ether oxygens (including phenoxy) is 1. The fourth-order valence-corrected chi connectivity index (χ4v) is 4.85. The van der Waals surface area contributed by atoms with E-state index in [9.17, 15) is 19.4 Å². The first-order valence-corrected chi connectivity index (χ1v) is 12.8. The molecule has 9 heteroatoms. The highest BCUT2D eigenvalue weighted by molar-refractivity contribution is 6.00. The van der Waals surface area contributed by atoms with Gasteiger partial charge in [0.1, 0.15) is 11.6 Å². The van der Waals surface area contributed by atoms with Gasteiger partial charge in [0.2, 0.25) is 0 Å². The number of benzene rings is 2. The van der Waals surface area contributed by atoms with Crippen LogP contribution in [-0.2, 0) is 4.79 Å². The van der Waals surface area contributed by atoms with Crippen molar-refractivity contribution in [3.63, 3.8) is 0 Å². The van der Waals surface area contributed by atoms with Crippen LogP contribution in [-0.4, -0.2) is 55.4 Å². The van der Waals surface area contributed by atoms with Crippen LogP contribution in [0.2, 0.25) is 0 Å². The third-order valence-electron chi connectivity index (χ3n) is 6.88. The van der Waals surface area contributed by atoms with E-state index in [1.165, 1.54) is 12.1 Å². The normalized spacial score (nSPS) is 15.1. The highest BCUT2D eigenvalue weighted by Gasteiger charge is 2.31. The van der Waals surface area contributed by atoms with E-state index in [-0.39, 0.29) is 18.2 Å². The van der Waals surface area contributed by atoms with Gasteiger partial charge in [-0.25, -0.2) is 14.1 Å². The third-order valence-corrected chi connectivity index (χ3v) is 6.88. The van der Waals surface area contributed by atoms with E-state index in [1.54, 1.807) is 36.1 Å². The van der Waals surface area contributed by atoms with Gasteiger partial charge in [-0.05, 0) is 61.7 Å². The van der Waals surface area contributed by atoms with Gasteiger partial charge in [-0.15, -0.1) is 0 Å². The van der Waals surface area contributed by atoms with Crippen molar-refractivity contribution in [3.8, 4) is 22.6 Å². The summed E-state index contributed by atoms with van der Waals surface area (Å²) >= 11 is 0. The number of aryl methyl sites for hydroxylation is 1. The zero-order chi connectivity index (χ0) is 27.7. The quantitative estimate of drug-likeness (QED) is 0.263. The molecule has 2 heterocycles. The average molecular weight is 532 g/mol. The molecular formula is C30H30FN3O5. The number of hydrogen-bond donors (Lipinski definition) is 3. The summed E-state index contributed by atoms with van der Waals surface area (Å²) in [6.45, 7) is 1.90. The van der Waals surface area contributed by atoms with Crippen molar-refractivity contribution in [2.24, 2.45) is 0 Å². The maximum absolute atomic E-state index is 13.9. The molecule has 4 aromatic rings. The molecule has 0 amide bonds. The number of nitrogens with zero attached hydrogens (tertiary/aromatic N) is 3. The Kier molecular flexibility index (Phi) is 7.45. The molecule has 2 unspecified atom stereocenters. The number of methoxy groups -OCH3 is 1. The predicted octanol–water partition coefficient (Wildman–Crippen LogP) is 5.02. The van der Waals surface area contributed by atoms with Crippen molar-refractivity contribution >= 4 is 23.1 Å². The van der Waals surface area contributed by atoms with Crippen LogP contribution in [0.5, 0.6) is 5.75 Å². The zero-order valence-corrected chi connectivity index (χ0v) is 21.7. The van der Waals surface area contributed by atoms with E-state index in [4.69, 9.17) is 19.9 Å². The fraction of sp³-hybridized carbons (Fsp3) is 0.300. The Morgan fingerprint density at radius 3 is 2.46 bits per heavy atom. The van der Waals surface area contributed by atoms with Crippen LogP contribution in [0.15, 0.2) is 54.6 Å². The molecular weight excluding hydrogens is 501 g/mol. The maximum atomic E-state index is 13.9. The molecule has 2 aromatic carbocycles. The number of carboxylic acid groups (broad SMARTS) is 1. The lowest BCUT2D eigenvalue weighted by atomic mass is 9.92. The molecule has 1 fully saturated rings. The van der Waals surface area contributed by atoms with Crippen molar-refractivity contribution in [3.05, 3.63) is 77.4 Å².